The van der Waals surface area contributed by atoms with E-state index in [1.807, 2.05) is 18.2 Å². The molecular weight excluding hydrogens is 266 g/mol. The molecule has 21 heavy (non-hydrogen) atoms. The van der Waals surface area contributed by atoms with Crippen LogP contribution in [0.2, 0.25) is 0 Å². The predicted molar refractivity (Wildman–Crippen MR) is 80.3 cm³/mol. The lowest BCUT2D eigenvalue weighted by molar-refractivity contribution is -0.121. The van der Waals surface area contributed by atoms with Gasteiger partial charge in [0.1, 0.15) is 0 Å². The zero-order chi connectivity index (χ0) is 14.9. The molecule has 1 aliphatic rings. The van der Waals surface area contributed by atoms with Crippen molar-refractivity contribution >= 4 is 11.8 Å². The van der Waals surface area contributed by atoms with E-state index in [0.29, 0.717) is 19.5 Å². The third-order valence-electron chi connectivity index (χ3n) is 3.43. The lowest BCUT2D eigenvalue weighted by Crippen LogP contribution is -2.31. The van der Waals surface area contributed by atoms with Gasteiger partial charge in [-0.15, -0.1) is 0 Å². The molecule has 1 aromatic rings. The number of pyridine rings is 1. The lowest BCUT2D eigenvalue weighted by Gasteiger charge is -2.12. The van der Waals surface area contributed by atoms with Gasteiger partial charge in [0.25, 0.3) is 0 Å². The number of aromatic nitrogens is 1. The molecule has 0 atom stereocenters. The van der Waals surface area contributed by atoms with Crippen molar-refractivity contribution in [3.63, 3.8) is 0 Å². The monoisotopic (exact) mass is 287 g/mol. The summed E-state index contributed by atoms with van der Waals surface area (Å²) in [5, 5.41) is 5.61. The second-order valence-corrected chi connectivity index (χ2v) is 5.12. The Hall–Kier alpha value is -2.17. The van der Waals surface area contributed by atoms with Crippen LogP contribution in [-0.2, 0) is 16.1 Å². The Kier molecular flexibility index (Phi) is 5.94. The number of amides is 2. The molecule has 0 saturated heterocycles. The summed E-state index contributed by atoms with van der Waals surface area (Å²) in [5.74, 6) is -0.105. The molecule has 2 rings (SSSR count). The van der Waals surface area contributed by atoms with Crippen molar-refractivity contribution in [1.29, 1.82) is 0 Å². The summed E-state index contributed by atoms with van der Waals surface area (Å²) in [7, 11) is 0. The number of nitrogens with one attached hydrogen (secondary N) is 2. The van der Waals surface area contributed by atoms with Gasteiger partial charge in [0, 0.05) is 37.5 Å². The van der Waals surface area contributed by atoms with Crippen molar-refractivity contribution in [2.45, 2.75) is 38.6 Å². The summed E-state index contributed by atoms with van der Waals surface area (Å²) in [6, 6.07) is 3.74. The average Bonchev–Trinajstić information content (AvgIpc) is 2.54. The summed E-state index contributed by atoms with van der Waals surface area (Å²) in [6.07, 6.45) is 9.77. The molecule has 0 fully saturated rings. The maximum atomic E-state index is 11.8. The lowest BCUT2D eigenvalue weighted by atomic mass is 9.99. The van der Waals surface area contributed by atoms with Crippen LogP contribution in [0.3, 0.4) is 0 Å². The number of carbonyl (C=O) groups is 2. The highest BCUT2D eigenvalue weighted by Gasteiger charge is 2.12. The minimum Gasteiger partial charge on any atom is -0.352 e. The van der Waals surface area contributed by atoms with Crippen LogP contribution in [0.15, 0.2) is 36.2 Å². The quantitative estimate of drug-likeness (QED) is 0.836. The maximum Gasteiger partial charge on any atom is 0.246 e. The van der Waals surface area contributed by atoms with Gasteiger partial charge in [-0.2, -0.15) is 0 Å². The van der Waals surface area contributed by atoms with Crippen LogP contribution in [0.1, 0.15) is 37.7 Å². The molecule has 1 heterocycles. The standard InChI is InChI=1S/C16H21N3O2/c20-15(19-12-13-5-4-9-17-11-13)8-10-18-16(21)14-6-2-1-3-7-14/h4-6,9,11H,1-3,7-8,10,12H2,(H,18,21)(H,19,20). The molecule has 0 aromatic carbocycles. The van der Waals surface area contributed by atoms with E-state index in [9.17, 15) is 9.59 Å². The zero-order valence-electron chi connectivity index (χ0n) is 12.1. The molecule has 1 aliphatic carbocycles. The number of carbonyl (C=O) groups excluding carboxylic acids is 2. The fraction of sp³-hybridized carbons (Fsp3) is 0.438. The number of rotatable bonds is 6. The van der Waals surface area contributed by atoms with Gasteiger partial charge in [-0.3, -0.25) is 14.6 Å². The van der Waals surface area contributed by atoms with E-state index in [1.165, 1.54) is 0 Å². The second-order valence-electron chi connectivity index (χ2n) is 5.12. The Morgan fingerprint density at radius 1 is 1.24 bits per heavy atom. The molecule has 0 saturated carbocycles. The highest BCUT2D eigenvalue weighted by Crippen LogP contribution is 2.16. The molecule has 0 spiro atoms. The molecule has 0 radical (unpaired) electrons. The van der Waals surface area contributed by atoms with Crippen LogP contribution in [-0.4, -0.2) is 23.3 Å². The molecular formula is C16H21N3O2. The highest BCUT2D eigenvalue weighted by atomic mass is 16.2. The van der Waals surface area contributed by atoms with Gasteiger partial charge >= 0.3 is 0 Å². The van der Waals surface area contributed by atoms with E-state index in [-0.39, 0.29) is 11.8 Å². The van der Waals surface area contributed by atoms with Crippen molar-refractivity contribution in [3.8, 4) is 0 Å². The third kappa shape index (κ3) is 5.38. The van der Waals surface area contributed by atoms with E-state index in [4.69, 9.17) is 0 Å². The number of allylic oxidation sites excluding steroid dienone is 1. The second kappa shape index (κ2) is 8.19. The molecule has 5 heteroatoms. The first-order valence-corrected chi connectivity index (χ1v) is 7.38. The minimum absolute atomic E-state index is 0.0326. The smallest absolute Gasteiger partial charge is 0.246 e. The number of hydrogen-bond acceptors (Lipinski definition) is 3. The van der Waals surface area contributed by atoms with E-state index >= 15 is 0 Å². The van der Waals surface area contributed by atoms with Gasteiger partial charge < -0.3 is 10.6 Å². The fourth-order valence-corrected chi connectivity index (χ4v) is 2.24. The summed E-state index contributed by atoms with van der Waals surface area (Å²) in [6.45, 7) is 0.834. The first-order chi connectivity index (χ1) is 10.3. The summed E-state index contributed by atoms with van der Waals surface area (Å²) < 4.78 is 0. The Morgan fingerprint density at radius 2 is 2.14 bits per heavy atom. The normalized spacial score (nSPS) is 14.2. The van der Waals surface area contributed by atoms with Gasteiger partial charge in [-0.05, 0) is 37.3 Å². The Labute approximate surface area is 124 Å². The predicted octanol–water partition coefficient (Wildman–Crippen LogP) is 1.70. The van der Waals surface area contributed by atoms with Crippen LogP contribution in [0.5, 0.6) is 0 Å². The molecule has 5 nitrogen and oxygen atoms in total. The van der Waals surface area contributed by atoms with Crippen molar-refractivity contribution in [2.24, 2.45) is 0 Å². The molecule has 1 aromatic heterocycles. The Bertz CT molecular complexity index is 512. The summed E-state index contributed by atoms with van der Waals surface area (Å²) in [5.41, 5.74) is 1.82. The molecule has 0 aliphatic heterocycles. The molecule has 0 bridgehead atoms. The van der Waals surface area contributed by atoms with Crippen LogP contribution in [0.25, 0.3) is 0 Å². The van der Waals surface area contributed by atoms with E-state index in [0.717, 1.165) is 36.8 Å². The zero-order valence-corrected chi connectivity index (χ0v) is 12.1. The van der Waals surface area contributed by atoms with Gasteiger partial charge in [0.05, 0.1) is 0 Å². The van der Waals surface area contributed by atoms with E-state index in [2.05, 4.69) is 15.6 Å². The topological polar surface area (TPSA) is 71.1 Å². The Morgan fingerprint density at radius 3 is 2.86 bits per heavy atom. The molecule has 2 N–H and O–H groups in total. The van der Waals surface area contributed by atoms with E-state index < -0.39 is 0 Å². The van der Waals surface area contributed by atoms with Crippen LogP contribution in [0.4, 0.5) is 0 Å². The van der Waals surface area contributed by atoms with Crippen molar-refractivity contribution in [2.75, 3.05) is 6.54 Å². The minimum atomic E-state index is -0.0724. The van der Waals surface area contributed by atoms with Gasteiger partial charge in [0.2, 0.25) is 11.8 Å². The summed E-state index contributed by atoms with van der Waals surface area (Å²) in [4.78, 5) is 27.5. The molecule has 0 unspecified atom stereocenters. The van der Waals surface area contributed by atoms with Crippen LogP contribution >= 0.6 is 0 Å². The van der Waals surface area contributed by atoms with E-state index in [1.54, 1.807) is 12.4 Å². The largest absolute Gasteiger partial charge is 0.352 e. The van der Waals surface area contributed by atoms with Gasteiger partial charge in [0.15, 0.2) is 0 Å². The van der Waals surface area contributed by atoms with Crippen molar-refractivity contribution < 1.29 is 9.59 Å². The molecule has 2 amide bonds. The molecule has 112 valence electrons. The third-order valence-corrected chi connectivity index (χ3v) is 3.43. The van der Waals surface area contributed by atoms with Crippen molar-refractivity contribution in [1.82, 2.24) is 15.6 Å². The Balaban J connectivity index is 1.63. The maximum absolute atomic E-state index is 11.8. The van der Waals surface area contributed by atoms with Gasteiger partial charge in [-0.25, -0.2) is 0 Å². The van der Waals surface area contributed by atoms with Crippen LogP contribution in [0, 0.1) is 0 Å². The fourth-order valence-electron chi connectivity index (χ4n) is 2.24. The SMILES string of the molecule is O=C(CCNC(=O)C1=CCCCC1)NCc1cccnc1. The summed E-state index contributed by atoms with van der Waals surface area (Å²) >= 11 is 0. The number of nitrogens with zero attached hydrogens (tertiary/aromatic N) is 1. The first kappa shape index (κ1) is 15.2. The first-order valence-electron chi connectivity index (χ1n) is 7.38. The average molecular weight is 287 g/mol. The van der Waals surface area contributed by atoms with Gasteiger partial charge in [-0.1, -0.05) is 12.1 Å². The van der Waals surface area contributed by atoms with Crippen LogP contribution < -0.4 is 10.6 Å². The highest BCUT2D eigenvalue weighted by molar-refractivity contribution is 5.93. The number of hydrogen-bond donors (Lipinski definition) is 2. The van der Waals surface area contributed by atoms with Crippen molar-refractivity contribution in [3.05, 3.63) is 41.7 Å².